The highest BCUT2D eigenvalue weighted by molar-refractivity contribution is 5.46. The minimum absolute atomic E-state index is 0.643. The zero-order valence-electron chi connectivity index (χ0n) is 11.4. The lowest BCUT2D eigenvalue weighted by molar-refractivity contribution is 0.308. The number of unbranched alkanes of at least 4 members (excludes halogenated alkanes) is 1. The first kappa shape index (κ1) is 14.8. The Kier molecular flexibility index (Phi) is 7.22. The van der Waals surface area contributed by atoms with Gasteiger partial charge in [-0.1, -0.05) is 12.1 Å². The monoisotopic (exact) mass is 252 g/mol. The number of hydrogen-bond acceptors (Lipinski definition) is 4. The summed E-state index contributed by atoms with van der Waals surface area (Å²) in [5.74, 6) is 1.63. The van der Waals surface area contributed by atoms with Gasteiger partial charge in [0.1, 0.15) is 0 Å². The van der Waals surface area contributed by atoms with Crippen LogP contribution in [0.2, 0.25) is 0 Å². The van der Waals surface area contributed by atoms with Gasteiger partial charge >= 0.3 is 0 Å². The lowest BCUT2D eigenvalue weighted by Gasteiger charge is -2.14. The lowest BCUT2D eigenvalue weighted by atomic mass is 10.2. The molecule has 0 spiro atoms. The molecule has 0 saturated carbocycles. The Morgan fingerprint density at radius 3 is 2.78 bits per heavy atom. The molecule has 4 heteroatoms. The zero-order valence-corrected chi connectivity index (χ0v) is 11.4. The van der Waals surface area contributed by atoms with Crippen molar-refractivity contribution >= 4 is 0 Å². The molecule has 102 valence electrons. The molecule has 1 aromatic rings. The van der Waals surface area contributed by atoms with E-state index in [0.29, 0.717) is 6.61 Å². The van der Waals surface area contributed by atoms with Crippen molar-refractivity contribution in [1.82, 2.24) is 5.32 Å². The maximum atomic E-state index is 5.54. The fourth-order valence-corrected chi connectivity index (χ4v) is 1.82. The maximum absolute atomic E-state index is 5.54. The smallest absolute Gasteiger partial charge is 0.165 e. The number of nitrogens with two attached hydrogens (primary N) is 1. The number of rotatable bonds is 9. The highest BCUT2D eigenvalue weighted by atomic mass is 16.5. The van der Waals surface area contributed by atoms with E-state index in [1.165, 1.54) is 0 Å². The van der Waals surface area contributed by atoms with E-state index in [1.54, 1.807) is 7.11 Å². The average molecular weight is 252 g/mol. The van der Waals surface area contributed by atoms with E-state index in [4.69, 9.17) is 15.2 Å². The number of nitrogens with one attached hydrogen (secondary N) is 1. The van der Waals surface area contributed by atoms with Crippen molar-refractivity contribution in [2.75, 3.05) is 26.8 Å². The van der Waals surface area contributed by atoms with E-state index in [9.17, 15) is 0 Å². The Bertz CT molecular complexity index is 343. The van der Waals surface area contributed by atoms with Gasteiger partial charge in [-0.2, -0.15) is 0 Å². The van der Waals surface area contributed by atoms with Gasteiger partial charge in [-0.05, 0) is 38.9 Å². The van der Waals surface area contributed by atoms with Crippen molar-refractivity contribution in [2.45, 2.75) is 26.3 Å². The summed E-state index contributed by atoms with van der Waals surface area (Å²) in [6.45, 7) is 5.12. The predicted octanol–water partition coefficient (Wildman–Crippen LogP) is 1.92. The maximum Gasteiger partial charge on any atom is 0.165 e. The van der Waals surface area contributed by atoms with Crippen molar-refractivity contribution in [2.24, 2.45) is 5.73 Å². The molecule has 1 rings (SSSR count). The molecule has 0 aliphatic heterocycles. The van der Waals surface area contributed by atoms with Crippen LogP contribution < -0.4 is 20.5 Å². The fraction of sp³-hybridized carbons (Fsp3) is 0.571. The third-order valence-corrected chi connectivity index (χ3v) is 2.69. The van der Waals surface area contributed by atoms with Crippen LogP contribution in [0.5, 0.6) is 11.5 Å². The second-order valence-corrected chi connectivity index (χ2v) is 4.05. The molecule has 0 aromatic heterocycles. The fourth-order valence-electron chi connectivity index (χ4n) is 1.82. The highest BCUT2D eigenvalue weighted by Crippen LogP contribution is 2.30. The largest absolute Gasteiger partial charge is 0.493 e. The SMILES string of the molecule is CCOc1cccc(CNCCCCN)c1OC. The van der Waals surface area contributed by atoms with Crippen LogP contribution in [-0.2, 0) is 6.54 Å². The van der Waals surface area contributed by atoms with E-state index < -0.39 is 0 Å². The first-order valence-corrected chi connectivity index (χ1v) is 6.53. The minimum Gasteiger partial charge on any atom is -0.493 e. The van der Waals surface area contributed by atoms with Gasteiger partial charge in [0.2, 0.25) is 0 Å². The van der Waals surface area contributed by atoms with E-state index in [2.05, 4.69) is 11.4 Å². The van der Waals surface area contributed by atoms with Gasteiger partial charge in [0.05, 0.1) is 13.7 Å². The first-order chi connectivity index (χ1) is 8.83. The molecule has 0 unspecified atom stereocenters. The third kappa shape index (κ3) is 4.55. The molecule has 0 saturated heterocycles. The Hall–Kier alpha value is -1.26. The van der Waals surface area contributed by atoms with Crippen LogP contribution in [0.25, 0.3) is 0 Å². The molecule has 3 N–H and O–H groups in total. The first-order valence-electron chi connectivity index (χ1n) is 6.53. The molecule has 0 amide bonds. The quantitative estimate of drug-likeness (QED) is 0.659. The van der Waals surface area contributed by atoms with Crippen LogP contribution in [0, 0.1) is 0 Å². The molecule has 0 heterocycles. The van der Waals surface area contributed by atoms with E-state index >= 15 is 0 Å². The molecule has 0 radical (unpaired) electrons. The van der Waals surface area contributed by atoms with E-state index in [0.717, 1.165) is 49.5 Å². The second-order valence-electron chi connectivity index (χ2n) is 4.05. The van der Waals surface area contributed by atoms with Crippen LogP contribution in [0.3, 0.4) is 0 Å². The van der Waals surface area contributed by atoms with Crippen molar-refractivity contribution in [3.8, 4) is 11.5 Å². The van der Waals surface area contributed by atoms with Gasteiger partial charge in [-0.3, -0.25) is 0 Å². The molecule has 0 bridgehead atoms. The molecule has 0 atom stereocenters. The number of ether oxygens (including phenoxy) is 2. The Balaban J connectivity index is 2.55. The molecule has 18 heavy (non-hydrogen) atoms. The highest BCUT2D eigenvalue weighted by Gasteiger charge is 2.08. The summed E-state index contributed by atoms with van der Waals surface area (Å²) >= 11 is 0. The second kappa shape index (κ2) is 8.78. The normalized spacial score (nSPS) is 10.4. The van der Waals surface area contributed by atoms with Crippen LogP contribution in [-0.4, -0.2) is 26.8 Å². The number of para-hydroxylation sites is 1. The summed E-state index contributed by atoms with van der Waals surface area (Å²) in [4.78, 5) is 0. The standard InChI is InChI=1S/C14H24N2O2/c1-3-18-13-8-6-7-12(14(13)17-2)11-16-10-5-4-9-15/h6-8,16H,3-5,9-11,15H2,1-2H3. The predicted molar refractivity (Wildman–Crippen MR) is 74.2 cm³/mol. The van der Waals surface area contributed by atoms with Crippen LogP contribution in [0.4, 0.5) is 0 Å². The van der Waals surface area contributed by atoms with Crippen molar-refractivity contribution in [1.29, 1.82) is 0 Å². The minimum atomic E-state index is 0.643. The summed E-state index contributed by atoms with van der Waals surface area (Å²) in [7, 11) is 1.68. The van der Waals surface area contributed by atoms with Gasteiger partial charge in [0.25, 0.3) is 0 Å². The van der Waals surface area contributed by atoms with Crippen LogP contribution in [0.1, 0.15) is 25.3 Å². The molecule has 1 aromatic carbocycles. The summed E-state index contributed by atoms with van der Waals surface area (Å²) in [6.07, 6.45) is 2.16. The summed E-state index contributed by atoms with van der Waals surface area (Å²) < 4.78 is 11.0. The number of benzene rings is 1. The van der Waals surface area contributed by atoms with Crippen molar-refractivity contribution in [3.63, 3.8) is 0 Å². The van der Waals surface area contributed by atoms with E-state index in [-0.39, 0.29) is 0 Å². The third-order valence-electron chi connectivity index (χ3n) is 2.69. The Morgan fingerprint density at radius 1 is 1.28 bits per heavy atom. The van der Waals surface area contributed by atoms with E-state index in [1.807, 2.05) is 19.1 Å². The topological polar surface area (TPSA) is 56.5 Å². The molecule has 0 aliphatic rings. The van der Waals surface area contributed by atoms with Gasteiger partial charge in [-0.15, -0.1) is 0 Å². The lowest BCUT2D eigenvalue weighted by Crippen LogP contribution is -2.16. The molecule has 0 aliphatic carbocycles. The summed E-state index contributed by atoms with van der Waals surface area (Å²) in [5, 5.41) is 3.39. The molecule has 0 fully saturated rings. The van der Waals surface area contributed by atoms with Gasteiger partial charge < -0.3 is 20.5 Å². The molecular formula is C14H24N2O2. The van der Waals surface area contributed by atoms with Gasteiger partial charge in [-0.25, -0.2) is 0 Å². The van der Waals surface area contributed by atoms with Crippen molar-refractivity contribution < 1.29 is 9.47 Å². The van der Waals surface area contributed by atoms with Crippen LogP contribution in [0.15, 0.2) is 18.2 Å². The average Bonchev–Trinajstić information content (AvgIpc) is 2.39. The Morgan fingerprint density at radius 2 is 2.11 bits per heavy atom. The van der Waals surface area contributed by atoms with Gasteiger partial charge in [0.15, 0.2) is 11.5 Å². The summed E-state index contributed by atoms with van der Waals surface area (Å²) in [5.41, 5.74) is 6.58. The van der Waals surface area contributed by atoms with Gasteiger partial charge in [0, 0.05) is 12.1 Å². The zero-order chi connectivity index (χ0) is 13.2. The summed E-state index contributed by atoms with van der Waals surface area (Å²) in [6, 6.07) is 5.97. The Labute approximate surface area is 109 Å². The number of methoxy groups -OCH3 is 1. The molecular weight excluding hydrogens is 228 g/mol. The molecule has 4 nitrogen and oxygen atoms in total. The van der Waals surface area contributed by atoms with Crippen LogP contribution >= 0.6 is 0 Å². The number of hydrogen-bond donors (Lipinski definition) is 2. The van der Waals surface area contributed by atoms with Crippen molar-refractivity contribution in [3.05, 3.63) is 23.8 Å².